The zero-order valence-electron chi connectivity index (χ0n) is 9.59. The van der Waals surface area contributed by atoms with Gasteiger partial charge in [0.15, 0.2) is 0 Å². The summed E-state index contributed by atoms with van der Waals surface area (Å²) in [6.07, 6.45) is 7.01. The molecule has 86 valence electrons. The normalized spacial score (nSPS) is 36.5. The van der Waals surface area contributed by atoms with Crippen molar-refractivity contribution < 1.29 is 4.79 Å². The average molecular weight is 210 g/mol. The quantitative estimate of drug-likeness (QED) is 0.724. The van der Waals surface area contributed by atoms with E-state index in [0.29, 0.717) is 6.04 Å². The number of rotatable bonds is 2. The van der Waals surface area contributed by atoms with Crippen molar-refractivity contribution in [2.45, 2.75) is 57.5 Å². The van der Waals surface area contributed by atoms with Gasteiger partial charge >= 0.3 is 0 Å². The van der Waals surface area contributed by atoms with Crippen LogP contribution in [-0.2, 0) is 4.79 Å². The van der Waals surface area contributed by atoms with E-state index in [9.17, 15) is 4.79 Å². The number of nitrogens with one attached hydrogen (secondary N) is 2. The van der Waals surface area contributed by atoms with Crippen molar-refractivity contribution in [2.24, 2.45) is 5.92 Å². The van der Waals surface area contributed by atoms with Crippen molar-refractivity contribution in [1.29, 1.82) is 0 Å². The predicted molar refractivity (Wildman–Crippen MR) is 60.6 cm³/mol. The summed E-state index contributed by atoms with van der Waals surface area (Å²) in [4.78, 5) is 11.8. The van der Waals surface area contributed by atoms with Crippen LogP contribution in [0.4, 0.5) is 0 Å². The lowest BCUT2D eigenvalue weighted by atomic mass is 9.87. The van der Waals surface area contributed by atoms with Gasteiger partial charge in [-0.3, -0.25) is 4.79 Å². The second-order valence-corrected chi connectivity index (χ2v) is 5.11. The molecule has 0 bridgehead atoms. The monoisotopic (exact) mass is 210 g/mol. The summed E-state index contributed by atoms with van der Waals surface area (Å²) in [7, 11) is 0. The van der Waals surface area contributed by atoms with Gasteiger partial charge in [0.1, 0.15) is 0 Å². The Morgan fingerprint density at radius 2 is 1.93 bits per heavy atom. The third-order valence-corrected chi connectivity index (χ3v) is 3.74. The third-order valence-electron chi connectivity index (χ3n) is 3.74. The Bertz CT molecular complexity index is 216. The number of hydrogen-bond donors (Lipinski definition) is 2. The van der Waals surface area contributed by atoms with E-state index in [-0.39, 0.29) is 11.9 Å². The van der Waals surface area contributed by atoms with Crippen molar-refractivity contribution in [3.8, 4) is 0 Å². The lowest BCUT2D eigenvalue weighted by molar-refractivity contribution is -0.123. The van der Waals surface area contributed by atoms with Crippen LogP contribution in [0.1, 0.15) is 45.4 Å². The van der Waals surface area contributed by atoms with Gasteiger partial charge in [-0.1, -0.05) is 6.92 Å². The lowest BCUT2D eigenvalue weighted by Gasteiger charge is -2.27. The van der Waals surface area contributed by atoms with Crippen molar-refractivity contribution >= 4 is 5.91 Å². The summed E-state index contributed by atoms with van der Waals surface area (Å²) in [5.74, 6) is 1.08. The van der Waals surface area contributed by atoms with E-state index in [1.807, 2.05) is 0 Å². The van der Waals surface area contributed by atoms with Gasteiger partial charge in [-0.2, -0.15) is 0 Å². The fourth-order valence-corrected chi connectivity index (χ4v) is 2.61. The minimum atomic E-state index is 0.0874. The molecule has 2 rings (SSSR count). The molecule has 2 fully saturated rings. The molecule has 1 aliphatic carbocycles. The molecule has 1 saturated carbocycles. The largest absolute Gasteiger partial charge is 0.352 e. The van der Waals surface area contributed by atoms with Gasteiger partial charge in [0.2, 0.25) is 5.91 Å². The van der Waals surface area contributed by atoms with Gasteiger partial charge in [-0.05, 0) is 51.0 Å². The Balaban J connectivity index is 1.74. The standard InChI is InChI=1S/C12H22N2O/c1-9-4-6-10(7-5-9)14-12(15)11-3-2-8-13-11/h9-11,13H,2-8H2,1H3,(H,14,15)/t9-,10-,11-/m1/s1. The fraction of sp³-hybridized carbons (Fsp3) is 0.917. The summed E-state index contributed by atoms with van der Waals surface area (Å²) in [6.45, 7) is 3.30. The molecule has 2 N–H and O–H groups in total. The van der Waals surface area contributed by atoms with Crippen molar-refractivity contribution in [1.82, 2.24) is 10.6 Å². The van der Waals surface area contributed by atoms with Crippen molar-refractivity contribution in [3.05, 3.63) is 0 Å². The van der Waals surface area contributed by atoms with Gasteiger partial charge in [0.25, 0.3) is 0 Å². The molecule has 2 aliphatic rings. The van der Waals surface area contributed by atoms with Gasteiger partial charge < -0.3 is 10.6 Å². The molecule has 0 radical (unpaired) electrons. The highest BCUT2D eigenvalue weighted by Crippen LogP contribution is 2.23. The minimum Gasteiger partial charge on any atom is -0.352 e. The number of hydrogen-bond acceptors (Lipinski definition) is 2. The van der Waals surface area contributed by atoms with Crippen LogP contribution in [0.2, 0.25) is 0 Å². The molecule has 1 heterocycles. The highest BCUT2D eigenvalue weighted by Gasteiger charge is 2.25. The molecule has 1 aliphatic heterocycles. The number of carbonyl (C=O) groups is 1. The summed E-state index contributed by atoms with van der Waals surface area (Å²) >= 11 is 0. The first-order valence-electron chi connectivity index (χ1n) is 6.29. The second-order valence-electron chi connectivity index (χ2n) is 5.11. The topological polar surface area (TPSA) is 41.1 Å². The SMILES string of the molecule is C[C@H]1CC[C@H](NC(=O)[C@H]2CCCN2)CC1. The Morgan fingerprint density at radius 3 is 2.53 bits per heavy atom. The van der Waals surface area contributed by atoms with Crippen LogP contribution in [0.5, 0.6) is 0 Å². The van der Waals surface area contributed by atoms with Crippen LogP contribution in [-0.4, -0.2) is 24.5 Å². The van der Waals surface area contributed by atoms with Crippen LogP contribution in [0.15, 0.2) is 0 Å². The number of amides is 1. The molecule has 0 spiro atoms. The van der Waals surface area contributed by atoms with E-state index in [1.165, 1.54) is 25.7 Å². The lowest BCUT2D eigenvalue weighted by Crippen LogP contribution is -2.46. The Morgan fingerprint density at radius 1 is 1.20 bits per heavy atom. The molecule has 0 aromatic carbocycles. The van der Waals surface area contributed by atoms with Gasteiger partial charge in [-0.15, -0.1) is 0 Å². The second kappa shape index (κ2) is 4.97. The average Bonchev–Trinajstić information content (AvgIpc) is 2.74. The molecule has 0 aromatic heterocycles. The van der Waals surface area contributed by atoms with Crippen LogP contribution in [0.25, 0.3) is 0 Å². The van der Waals surface area contributed by atoms with Crippen LogP contribution >= 0.6 is 0 Å². The van der Waals surface area contributed by atoms with E-state index in [0.717, 1.165) is 25.3 Å². The zero-order valence-corrected chi connectivity index (χ0v) is 9.59. The molecule has 0 unspecified atom stereocenters. The van der Waals surface area contributed by atoms with E-state index in [1.54, 1.807) is 0 Å². The number of carbonyl (C=O) groups excluding carboxylic acids is 1. The first kappa shape index (κ1) is 10.9. The molecule has 1 atom stereocenters. The molecule has 3 nitrogen and oxygen atoms in total. The minimum absolute atomic E-state index is 0.0874. The molecule has 1 saturated heterocycles. The molecule has 0 aromatic rings. The Hall–Kier alpha value is -0.570. The molecular weight excluding hydrogens is 188 g/mol. The first-order valence-corrected chi connectivity index (χ1v) is 6.29. The fourth-order valence-electron chi connectivity index (χ4n) is 2.61. The maximum atomic E-state index is 11.8. The van der Waals surface area contributed by atoms with E-state index in [4.69, 9.17) is 0 Å². The predicted octanol–water partition coefficient (Wildman–Crippen LogP) is 1.43. The maximum Gasteiger partial charge on any atom is 0.237 e. The van der Waals surface area contributed by atoms with Crippen LogP contribution < -0.4 is 10.6 Å². The molecule has 3 heteroatoms. The van der Waals surface area contributed by atoms with Crippen molar-refractivity contribution in [3.63, 3.8) is 0 Å². The third kappa shape index (κ3) is 2.94. The van der Waals surface area contributed by atoms with Gasteiger partial charge in [0, 0.05) is 6.04 Å². The van der Waals surface area contributed by atoms with Gasteiger partial charge in [0.05, 0.1) is 6.04 Å². The summed E-state index contributed by atoms with van der Waals surface area (Å²) in [6, 6.07) is 0.528. The van der Waals surface area contributed by atoms with Gasteiger partial charge in [-0.25, -0.2) is 0 Å². The van der Waals surface area contributed by atoms with Crippen molar-refractivity contribution in [2.75, 3.05) is 6.54 Å². The summed E-state index contributed by atoms with van der Waals surface area (Å²) < 4.78 is 0. The van der Waals surface area contributed by atoms with E-state index >= 15 is 0 Å². The molecule has 1 amide bonds. The van der Waals surface area contributed by atoms with Crippen LogP contribution in [0, 0.1) is 5.92 Å². The molecule has 15 heavy (non-hydrogen) atoms. The first-order chi connectivity index (χ1) is 7.25. The highest BCUT2D eigenvalue weighted by molar-refractivity contribution is 5.82. The summed E-state index contributed by atoms with van der Waals surface area (Å²) in [5, 5.41) is 6.42. The summed E-state index contributed by atoms with van der Waals surface area (Å²) in [5.41, 5.74) is 0. The van der Waals surface area contributed by atoms with Crippen LogP contribution in [0.3, 0.4) is 0 Å². The maximum absolute atomic E-state index is 11.8. The molecular formula is C12H22N2O. The smallest absolute Gasteiger partial charge is 0.237 e. The Kier molecular flexibility index (Phi) is 3.62. The zero-order chi connectivity index (χ0) is 10.7. The van der Waals surface area contributed by atoms with E-state index < -0.39 is 0 Å². The highest BCUT2D eigenvalue weighted by atomic mass is 16.2. The van der Waals surface area contributed by atoms with E-state index in [2.05, 4.69) is 17.6 Å². The Labute approximate surface area is 92.0 Å².